The van der Waals surface area contributed by atoms with E-state index in [9.17, 15) is 14.4 Å². The van der Waals surface area contributed by atoms with Crippen LogP contribution < -0.4 is 0 Å². The van der Waals surface area contributed by atoms with Crippen molar-refractivity contribution in [2.75, 3.05) is 26.2 Å². The molecule has 1 aromatic rings. The molecule has 5 nitrogen and oxygen atoms in total. The van der Waals surface area contributed by atoms with E-state index in [1.807, 2.05) is 58.0 Å². The number of nitrogens with zero attached hydrogens (tertiary/aromatic N) is 2. The Morgan fingerprint density at radius 2 is 1.28 bits per heavy atom. The molecule has 0 radical (unpaired) electrons. The molecule has 0 amide bonds. The van der Waals surface area contributed by atoms with Crippen molar-refractivity contribution < 1.29 is 14.4 Å². The molecule has 1 aromatic carbocycles. The van der Waals surface area contributed by atoms with Gasteiger partial charge < -0.3 is 0 Å². The maximum atomic E-state index is 13.6. The third-order valence-corrected chi connectivity index (χ3v) is 8.75. The van der Waals surface area contributed by atoms with Crippen LogP contribution in [0.5, 0.6) is 0 Å². The number of hydrogen-bond donors (Lipinski definition) is 0. The predicted molar refractivity (Wildman–Crippen MR) is 144 cm³/mol. The van der Waals surface area contributed by atoms with E-state index in [0.29, 0.717) is 11.1 Å². The largest absolute Gasteiger partial charge is 0.292 e. The fraction of sp³-hybridized carbons (Fsp3) is 0.516. The van der Waals surface area contributed by atoms with E-state index in [-0.39, 0.29) is 22.9 Å². The minimum absolute atomic E-state index is 0.109. The lowest BCUT2D eigenvalue weighted by molar-refractivity contribution is -0.128. The smallest absolute Gasteiger partial charge is 0.197 e. The van der Waals surface area contributed by atoms with Gasteiger partial charge in [0, 0.05) is 11.1 Å². The molecular formula is C31H38N2O3. The van der Waals surface area contributed by atoms with Gasteiger partial charge in [-0.2, -0.15) is 0 Å². The first-order chi connectivity index (χ1) is 17.1. The average molecular weight is 487 g/mol. The standard InChI is InChI=1S/C31H38N2O3/c1-30(2,32-15-7-5-8-16-32)28(35)21-11-12-23-22(19-21)20-26-24(23)13-14-25(27(26)34)29(36)31(3,4)33-17-9-6-10-18-33/h11-14,19-20H,5-10,15-18H2,1-4H3. The Hall–Kier alpha value is -2.63. The molecular weight excluding hydrogens is 448 g/mol. The number of hydrogen-bond acceptors (Lipinski definition) is 5. The van der Waals surface area contributed by atoms with Crippen LogP contribution in [0.15, 0.2) is 41.5 Å². The van der Waals surface area contributed by atoms with Crippen molar-refractivity contribution in [3.8, 4) is 0 Å². The number of fused-ring (bicyclic) bond motifs is 3. The summed E-state index contributed by atoms with van der Waals surface area (Å²) in [5.41, 5.74) is 2.88. The van der Waals surface area contributed by atoms with Crippen LogP contribution in [-0.4, -0.2) is 64.4 Å². The number of piperidine rings is 2. The number of likely N-dealkylation sites (tertiary alicyclic amines) is 2. The van der Waals surface area contributed by atoms with Crippen molar-refractivity contribution >= 4 is 29.0 Å². The second-order valence-corrected chi connectivity index (χ2v) is 11.7. The van der Waals surface area contributed by atoms with Gasteiger partial charge in [0.05, 0.1) is 16.7 Å². The molecule has 2 aliphatic heterocycles. The lowest BCUT2D eigenvalue weighted by Gasteiger charge is -2.40. The first-order valence-electron chi connectivity index (χ1n) is 13.6. The van der Waals surface area contributed by atoms with Crippen molar-refractivity contribution in [2.45, 2.75) is 77.3 Å². The van der Waals surface area contributed by atoms with Crippen LogP contribution in [0.1, 0.15) is 87.7 Å². The fourth-order valence-electron chi connectivity index (χ4n) is 6.26. The van der Waals surface area contributed by atoms with Crippen LogP contribution >= 0.6 is 0 Å². The lowest BCUT2D eigenvalue weighted by atomic mass is 9.82. The number of rotatable bonds is 6. The molecule has 0 bridgehead atoms. The van der Waals surface area contributed by atoms with Crippen molar-refractivity contribution in [1.82, 2.24) is 9.80 Å². The highest BCUT2D eigenvalue weighted by atomic mass is 16.2. The average Bonchev–Trinajstić information content (AvgIpc) is 3.28. The number of ketones is 3. The molecule has 2 aliphatic carbocycles. The van der Waals surface area contributed by atoms with Gasteiger partial charge in [-0.15, -0.1) is 0 Å². The summed E-state index contributed by atoms with van der Waals surface area (Å²) in [7, 11) is 0. The third-order valence-electron chi connectivity index (χ3n) is 8.75. The van der Waals surface area contributed by atoms with Gasteiger partial charge in [0.1, 0.15) is 0 Å². The summed E-state index contributed by atoms with van der Waals surface area (Å²) in [5, 5.41) is 0. The zero-order valence-electron chi connectivity index (χ0n) is 22.2. The highest BCUT2D eigenvalue weighted by molar-refractivity contribution is 6.36. The van der Waals surface area contributed by atoms with Crippen molar-refractivity contribution in [2.24, 2.45) is 0 Å². The molecule has 2 fully saturated rings. The molecule has 36 heavy (non-hydrogen) atoms. The number of Topliss-reactive ketones (excluding diaryl/α,β-unsaturated/α-hetero) is 3. The van der Waals surface area contributed by atoms with Crippen molar-refractivity contribution in [1.29, 1.82) is 0 Å². The van der Waals surface area contributed by atoms with E-state index in [1.54, 1.807) is 6.08 Å². The number of carbonyl (C=O) groups excluding carboxylic acids is 3. The molecule has 190 valence electrons. The molecule has 0 aromatic heterocycles. The quantitative estimate of drug-likeness (QED) is 0.406. The Morgan fingerprint density at radius 3 is 1.86 bits per heavy atom. The van der Waals surface area contributed by atoms with Gasteiger partial charge in [0.2, 0.25) is 0 Å². The molecule has 0 saturated carbocycles. The maximum absolute atomic E-state index is 13.6. The van der Waals surface area contributed by atoms with Gasteiger partial charge in [-0.3, -0.25) is 24.2 Å². The molecule has 0 unspecified atom stereocenters. The Bertz CT molecular complexity index is 1200. The predicted octanol–water partition coefficient (Wildman–Crippen LogP) is 5.26. The zero-order valence-corrected chi connectivity index (χ0v) is 22.2. The summed E-state index contributed by atoms with van der Waals surface area (Å²) in [6.07, 6.45) is 12.3. The van der Waals surface area contributed by atoms with Crippen LogP contribution in [0, 0.1) is 0 Å². The van der Waals surface area contributed by atoms with Crippen LogP contribution in [0.2, 0.25) is 0 Å². The van der Waals surface area contributed by atoms with E-state index in [4.69, 9.17) is 0 Å². The molecule has 2 heterocycles. The van der Waals surface area contributed by atoms with Gasteiger partial charge >= 0.3 is 0 Å². The van der Waals surface area contributed by atoms with E-state index in [2.05, 4.69) is 9.80 Å². The van der Waals surface area contributed by atoms with Gasteiger partial charge in [-0.05, 0) is 114 Å². The minimum atomic E-state index is -0.709. The first-order valence-corrected chi connectivity index (χ1v) is 13.6. The van der Waals surface area contributed by atoms with Crippen LogP contribution in [-0.2, 0) is 9.59 Å². The Kier molecular flexibility index (Phi) is 6.50. The number of carbonyl (C=O) groups is 3. The number of benzene rings is 1. The van der Waals surface area contributed by atoms with E-state index in [0.717, 1.165) is 68.6 Å². The molecule has 5 rings (SSSR count). The summed E-state index contributed by atoms with van der Waals surface area (Å²) < 4.78 is 0. The van der Waals surface area contributed by atoms with E-state index >= 15 is 0 Å². The van der Waals surface area contributed by atoms with Crippen LogP contribution in [0.4, 0.5) is 0 Å². The summed E-state index contributed by atoms with van der Waals surface area (Å²) in [5.74, 6) is -0.209. The van der Waals surface area contributed by atoms with Crippen molar-refractivity contribution in [3.05, 3.63) is 58.2 Å². The summed E-state index contributed by atoms with van der Waals surface area (Å²) in [6.45, 7) is 11.6. The SMILES string of the molecule is CC(C)(C(=O)C1=CC=C2C(=Cc3cc(C(=O)C(C)(C)N4CCCCC4)ccc32)C1=O)N1CCCCC1. The summed E-state index contributed by atoms with van der Waals surface area (Å²) in [6, 6.07) is 5.76. The highest BCUT2D eigenvalue weighted by Crippen LogP contribution is 2.41. The highest BCUT2D eigenvalue weighted by Gasteiger charge is 2.41. The van der Waals surface area contributed by atoms with Crippen LogP contribution in [0.25, 0.3) is 11.6 Å². The fourth-order valence-corrected chi connectivity index (χ4v) is 6.26. The second-order valence-electron chi connectivity index (χ2n) is 11.7. The minimum Gasteiger partial charge on any atom is -0.292 e. The zero-order chi connectivity index (χ0) is 25.7. The molecule has 0 N–H and O–H groups in total. The summed E-state index contributed by atoms with van der Waals surface area (Å²) >= 11 is 0. The Balaban J connectivity index is 1.40. The van der Waals surface area contributed by atoms with Gasteiger partial charge in [-0.25, -0.2) is 0 Å². The van der Waals surface area contributed by atoms with Gasteiger partial charge in [0.25, 0.3) is 0 Å². The van der Waals surface area contributed by atoms with Crippen LogP contribution in [0.3, 0.4) is 0 Å². The Labute approximate surface area is 214 Å². The topological polar surface area (TPSA) is 57.7 Å². The maximum Gasteiger partial charge on any atom is 0.197 e. The van der Waals surface area contributed by atoms with E-state index < -0.39 is 11.1 Å². The molecule has 2 saturated heterocycles. The molecule has 0 spiro atoms. The normalized spacial score (nSPS) is 21.3. The van der Waals surface area contributed by atoms with Crippen molar-refractivity contribution in [3.63, 3.8) is 0 Å². The first kappa shape index (κ1) is 25.0. The lowest BCUT2D eigenvalue weighted by Crippen LogP contribution is -2.53. The van der Waals surface area contributed by atoms with Gasteiger partial charge in [-0.1, -0.05) is 31.1 Å². The van der Waals surface area contributed by atoms with Gasteiger partial charge in [0.15, 0.2) is 17.3 Å². The number of allylic oxidation sites excluding steroid dienone is 4. The second kappa shape index (κ2) is 9.35. The molecule has 5 heteroatoms. The Morgan fingerprint density at radius 1 is 0.722 bits per heavy atom. The monoisotopic (exact) mass is 486 g/mol. The molecule has 4 aliphatic rings. The van der Waals surface area contributed by atoms with E-state index in [1.165, 1.54) is 12.8 Å². The molecule has 0 atom stereocenters. The summed E-state index contributed by atoms with van der Waals surface area (Å²) in [4.78, 5) is 45.2. The third kappa shape index (κ3) is 4.16.